The van der Waals surface area contributed by atoms with Crippen molar-refractivity contribution in [1.82, 2.24) is 4.31 Å². The van der Waals surface area contributed by atoms with Crippen molar-refractivity contribution in [2.24, 2.45) is 0 Å². The fourth-order valence-electron chi connectivity index (χ4n) is 3.61. The van der Waals surface area contributed by atoms with Crippen molar-refractivity contribution in [1.29, 1.82) is 0 Å². The lowest BCUT2D eigenvalue weighted by atomic mass is 10.1. The minimum atomic E-state index is -3.60. The van der Waals surface area contributed by atoms with E-state index in [1.165, 1.54) is 4.31 Å². The lowest BCUT2D eigenvalue weighted by Gasteiger charge is -2.36. The van der Waals surface area contributed by atoms with E-state index in [-0.39, 0.29) is 4.90 Å². The van der Waals surface area contributed by atoms with Crippen LogP contribution in [0.25, 0.3) is 0 Å². The molecule has 2 aromatic carbocycles. The number of nitrogens with zero attached hydrogens (tertiary/aromatic N) is 2. The van der Waals surface area contributed by atoms with Crippen LogP contribution in [0.3, 0.4) is 0 Å². The third-order valence-electron chi connectivity index (χ3n) is 5.09. The van der Waals surface area contributed by atoms with E-state index < -0.39 is 10.0 Å². The molecule has 2 aliphatic heterocycles. The highest BCUT2D eigenvalue weighted by molar-refractivity contribution is 7.89. The Morgan fingerprint density at radius 1 is 0.929 bits per heavy atom. The van der Waals surface area contributed by atoms with Crippen LogP contribution in [-0.2, 0) is 10.0 Å². The Morgan fingerprint density at radius 3 is 2.32 bits per heavy atom. The number of hydrogen-bond donors (Lipinski definition) is 0. The molecule has 1 fully saturated rings. The number of carbonyl (C=O) groups is 1. The molecule has 0 aliphatic carbocycles. The number of aryl methyl sites for hydroxylation is 1. The van der Waals surface area contributed by atoms with E-state index in [9.17, 15) is 13.2 Å². The molecular weight excluding hydrogens is 380 g/mol. The molecule has 0 bridgehead atoms. The van der Waals surface area contributed by atoms with E-state index in [0.717, 1.165) is 17.5 Å². The van der Waals surface area contributed by atoms with Crippen LogP contribution >= 0.6 is 0 Å². The number of aldehydes is 1. The van der Waals surface area contributed by atoms with Gasteiger partial charge in [-0.3, -0.25) is 4.79 Å². The second-order valence-electron chi connectivity index (χ2n) is 6.86. The van der Waals surface area contributed by atoms with E-state index in [0.29, 0.717) is 56.5 Å². The van der Waals surface area contributed by atoms with Gasteiger partial charge in [-0.2, -0.15) is 4.31 Å². The van der Waals surface area contributed by atoms with Crippen molar-refractivity contribution in [3.05, 3.63) is 47.5 Å². The quantitative estimate of drug-likeness (QED) is 0.729. The first-order chi connectivity index (χ1) is 13.5. The van der Waals surface area contributed by atoms with Gasteiger partial charge in [0.2, 0.25) is 10.0 Å². The maximum absolute atomic E-state index is 13.0. The zero-order valence-electron chi connectivity index (χ0n) is 15.6. The molecule has 2 heterocycles. The van der Waals surface area contributed by atoms with Crippen molar-refractivity contribution in [2.75, 3.05) is 44.3 Å². The summed E-state index contributed by atoms with van der Waals surface area (Å²) in [5, 5.41) is 0. The SMILES string of the molecule is Cc1cc(C=O)ccc1N1CCN(S(=O)(=O)c2ccc3c(c2)OCCO3)CC1. The van der Waals surface area contributed by atoms with Crippen LogP contribution in [0.2, 0.25) is 0 Å². The molecule has 0 amide bonds. The largest absolute Gasteiger partial charge is 0.486 e. The van der Waals surface area contributed by atoms with Crippen molar-refractivity contribution in [2.45, 2.75) is 11.8 Å². The Kier molecular flexibility index (Phi) is 4.99. The first-order valence-electron chi connectivity index (χ1n) is 9.19. The van der Waals surface area contributed by atoms with Crippen LogP contribution in [0.5, 0.6) is 11.5 Å². The summed E-state index contributed by atoms with van der Waals surface area (Å²) in [6.45, 7) is 4.81. The third-order valence-corrected chi connectivity index (χ3v) is 6.98. The van der Waals surface area contributed by atoms with E-state index in [2.05, 4.69) is 4.90 Å². The highest BCUT2D eigenvalue weighted by atomic mass is 32.2. The van der Waals surface area contributed by atoms with Crippen LogP contribution in [0, 0.1) is 6.92 Å². The van der Waals surface area contributed by atoms with Crippen LogP contribution in [0.1, 0.15) is 15.9 Å². The molecule has 0 unspecified atom stereocenters. The zero-order valence-corrected chi connectivity index (χ0v) is 16.4. The van der Waals surface area contributed by atoms with Gasteiger partial charge in [-0.25, -0.2) is 8.42 Å². The smallest absolute Gasteiger partial charge is 0.243 e. The number of piperazine rings is 1. The van der Waals surface area contributed by atoms with Gasteiger partial charge in [-0.15, -0.1) is 0 Å². The second kappa shape index (κ2) is 7.44. The molecule has 28 heavy (non-hydrogen) atoms. The molecule has 0 N–H and O–H groups in total. The summed E-state index contributed by atoms with van der Waals surface area (Å²) in [5.74, 6) is 1.04. The lowest BCUT2D eigenvalue weighted by Crippen LogP contribution is -2.48. The Bertz CT molecular complexity index is 998. The van der Waals surface area contributed by atoms with Gasteiger partial charge in [0.15, 0.2) is 11.5 Å². The number of hydrogen-bond acceptors (Lipinski definition) is 6. The minimum absolute atomic E-state index is 0.219. The maximum atomic E-state index is 13.0. The van der Waals surface area contributed by atoms with Gasteiger partial charge in [0.05, 0.1) is 4.90 Å². The summed E-state index contributed by atoms with van der Waals surface area (Å²) >= 11 is 0. The molecule has 2 aromatic rings. The van der Waals surface area contributed by atoms with Gasteiger partial charge in [0.1, 0.15) is 19.5 Å². The maximum Gasteiger partial charge on any atom is 0.243 e. The Morgan fingerprint density at radius 2 is 1.64 bits per heavy atom. The molecule has 148 valence electrons. The van der Waals surface area contributed by atoms with Crippen molar-refractivity contribution in [3.8, 4) is 11.5 Å². The number of benzene rings is 2. The molecule has 0 spiro atoms. The normalized spacial score (nSPS) is 17.4. The number of fused-ring (bicyclic) bond motifs is 1. The Labute approximate surface area is 164 Å². The van der Waals surface area contributed by atoms with Gasteiger partial charge in [-0.1, -0.05) is 0 Å². The summed E-state index contributed by atoms with van der Waals surface area (Å²) in [6, 6.07) is 10.3. The number of rotatable bonds is 4. The summed E-state index contributed by atoms with van der Waals surface area (Å²) in [6.07, 6.45) is 0.828. The molecular formula is C20H22N2O5S. The fourth-order valence-corrected chi connectivity index (χ4v) is 5.05. The van der Waals surface area contributed by atoms with Gasteiger partial charge in [0.25, 0.3) is 0 Å². The molecule has 8 heteroatoms. The first kappa shape index (κ1) is 18.8. The van der Waals surface area contributed by atoms with E-state index in [1.807, 2.05) is 19.1 Å². The van der Waals surface area contributed by atoms with E-state index in [1.54, 1.807) is 24.3 Å². The fraction of sp³-hybridized carbons (Fsp3) is 0.350. The topological polar surface area (TPSA) is 76.2 Å². The van der Waals surface area contributed by atoms with E-state index in [4.69, 9.17) is 9.47 Å². The summed E-state index contributed by atoms with van der Waals surface area (Å²) in [5.41, 5.74) is 2.68. The summed E-state index contributed by atoms with van der Waals surface area (Å²) in [7, 11) is -3.60. The molecule has 0 saturated carbocycles. The molecule has 0 radical (unpaired) electrons. The Balaban J connectivity index is 1.49. The number of sulfonamides is 1. The van der Waals surface area contributed by atoms with Gasteiger partial charge in [-0.05, 0) is 42.8 Å². The molecule has 2 aliphatic rings. The number of carbonyl (C=O) groups excluding carboxylic acids is 1. The predicted octanol–water partition coefficient (Wildman–Crippen LogP) is 2.09. The van der Waals surface area contributed by atoms with Gasteiger partial charge >= 0.3 is 0 Å². The summed E-state index contributed by atoms with van der Waals surface area (Å²) in [4.78, 5) is 13.3. The average Bonchev–Trinajstić information content (AvgIpc) is 2.73. The average molecular weight is 402 g/mol. The van der Waals surface area contributed by atoms with Crippen LogP contribution in [-0.4, -0.2) is 58.4 Å². The highest BCUT2D eigenvalue weighted by Gasteiger charge is 2.30. The van der Waals surface area contributed by atoms with Crippen molar-refractivity contribution >= 4 is 22.0 Å². The molecule has 0 aromatic heterocycles. The Hall–Kier alpha value is -2.58. The minimum Gasteiger partial charge on any atom is -0.486 e. The standard InChI is InChI=1S/C20H22N2O5S/c1-15-12-16(14-23)2-4-18(15)21-6-8-22(9-7-21)28(24,25)17-3-5-19-20(13-17)27-11-10-26-19/h2-5,12-14H,6-11H2,1H3. The van der Waals surface area contributed by atoms with Crippen LogP contribution in [0.15, 0.2) is 41.3 Å². The molecule has 4 rings (SSSR count). The van der Waals surface area contributed by atoms with Crippen molar-refractivity contribution in [3.63, 3.8) is 0 Å². The van der Waals surface area contributed by atoms with Gasteiger partial charge in [0, 0.05) is 43.5 Å². The predicted molar refractivity (Wildman–Crippen MR) is 105 cm³/mol. The number of anilines is 1. The third kappa shape index (κ3) is 3.45. The first-order valence-corrected chi connectivity index (χ1v) is 10.6. The van der Waals surface area contributed by atoms with Crippen molar-refractivity contribution < 1.29 is 22.7 Å². The number of ether oxygens (including phenoxy) is 2. The van der Waals surface area contributed by atoms with E-state index >= 15 is 0 Å². The van der Waals surface area contributed by atoms with Crippen LogP contribution < -0.4 is 14.4 Å². The lowest BCUT2D eigenvalue weighted by molar-refractivity contribution is 0.112. The zero-order chi connectivity index (χ0) is 19.7. The van der Waals surface area contributed by atoms with Gasteiger partial charge < -0.3 is 14.4 Å². The molecule has 0 atom stereocenters. The van der Waals surface area contributed by atoms with Crippen LogP contribution in [0.4, 0.5) is 5.69 Å². The molecule has 7 nitrogen and oxygen atoms in total. The monoisotopic (exact) mass is 402 g/mol. The highest BCUT2D eigenvalue weighted by Crippen LogP contribution is 2.33. The molecule has 1 saturated heterocycles. The second-order valence-corrected chi connectivity index (χ2v) is 8.80. The summed E-state index contributed by atoms with van der Waals surface area (Å²) < 4.78 is 38.6.